The predicted octanol–water partition coefficient (Wildman–Crippen LogP) is 3.20. The fraction of sp³-hybridized carbons (Fsp3) is 0.235. The van der Waals surface area contributed by atoms with Crippen LogP contribution in [0.2, 0.25) is 0 Å². The largest absolute Gasteiger partial charge is 0.380 e. The second-order valence-corrected chi connectivity index (χ2v) is 5.18. The highest BCUT2D eigenvalue weighted by Gasteiger charge is 2.11. The number of guanidine groups is 1. The van der Waals surface area contributed by atoms with E-state index in [4.69, 9.17) is 10.5 Å². The zero-order valence-electron chi connectivity index (χ0n) is 14.3. The van der Waals surface area contributed by atoms with Gasteiger partial charge in [0.2, 0.25) is 0 Å². The molecule has 2 aromatic rings. The minimum atomic E-state index is -0.422. The monoisotopic (exact) mass is 471 g/mol. The van der Waals surface area contributed by atoms with Gasteiger partial charge in [0.1, 0.15) is 5.69 Å². The quantitative estimate of drug-likeness (QED) is 0.136. The normalized spacial score (nSPS) is 10.7. The average Bonchev–Trinajstić information content (AvgIpc) is 2.61. The van der Waals surface area contributed by atoms with Gasteiger partial charge >= 0.3 is 0 Å². The van der Waals surface area contributed by atoms with Gasteiger partial charge < -0.3 is 21.1 Å². The Morgan fingerprint density at radius 1 is 1.19 bits per heavy atom. The van der Waals surface area contributed by atoms with E-state index in [1.165, 1.54) is 6.07 Å². The highest BCUT2D eigenvalue weighted by Crippen LogP contribution is 2.22. The van der Waals surface area contributed by atoms with Crippen molar-refractivity contribution in [2.75, 3.05) is 30.8 Å². The SMILES string of the molecule is COCc1ccccc1NC(N)=NCCNc1ccccc1[N+](=O)[O-].I. The smallest absolute Gasteiger partial charge is 0.292 e. The van der Waals surface area contributed by atoms with Gasteiger partial charge in [0.15, 0.2) is 5.96 Å². The topological polar surface area (TPSA) is 115 Å². The van der Waals surface area contributed by atoms with Crippen LogP contribution in [-0.2, 0) is 11.3 Å². The standard InChI is InChI=1S/C17H21N5O3.HI/c1-25-12-13-6-2-3-7-14(13)21-17(18)20-11-10-19-15-8-4-5-9-16(15)22(23)24;/h2-9,19H,10-12H2,1H3,(H3,18,20,21);1H. The zero-order chi connectivity index (χ0) is 18.1. The molecule has 26 heavy (non-hydrogen) atoms. The lowest BCUT2D eigenvalue weighted by Crippen LogP contribution is -2.24. The van der Waals surface area contributed by atoms with Gasteiger partial charge in [0.05, 0.1) is 18.1 Å². The maximum absolute atomic E-state index is 10.9. The molecule has 0 saturated carbocycles. The molecule has 0 aliphatic carbocycles. The summed E-state index contributed by atoms with van der Waals surface area (Å²) >= 11 is 0. The van der Waals surface area contributed by atoms with Gasteiger partial charge in [-0.05, 0) is 12.1 Å². The number of nitrogens with two attached hydrogens (primary N) is 1. The number of aliphatic imine (C=N–C) groups is 1. The van der Waals surface area contributed by atoms with Crippen molar-refractivity contribution in [1.29, 1.82) is 0 Å². The lowest BCUT2D eigenvalue weighted by molar-refractivity contribution is -0.384. The molecule has 8 nitrogen and oxygen atoms in total. The summed E-state index contributed by atoms with van der Waals surface area (Å²) in [5.41, 5.74) is 8.19. The van der Waals surface area contributed by atoms with Crippen LogP contribution < -0.4 is 16.4 Å². The number of rotatable bonds is 8. The lowest BCUT2D eigenvalue weighted by Gasteiger charge is -2.11. The number of halogens is 1. The van der Waals surface area contributed by atoms with Gasteiger partial charge in [-0.3, -0.25) is 15.1 Å². The van der Waals surface area contributed by atoms with Gasteiger partial charge in [-0.1, -0.05) is 30.3 Å². The van der Waals surface area contributed by atoms with Crippen molar-refractivity contribution in [1.82, 2.24) is 0 Å². The van der Waals surface area contributed by atoms with E-state index in [0.29, 0.717) is 25.4 Å². The number of nitro benzene ring substituents is 1. The summed E-state index contributed by atoms with van der Waals surface area (Å²) in [6, 6.07) is 14.1. The number of methoxy groups -OCH3 is 1. The molecule has 0 fully saturated rings. The molecule has 0 bridgehead atoms. The van der Waals surface area contributed by atoms with Crippen molar-refractivity contribution in [3.05, 3.63) is 64.2 Å². The average molecular weight is 471 g/mol. The number of nitro groups is 1. The molecule has 4 N–H and O–H groups in total. The Kier molecular flexibility index (Phi) is 9.37. The summed E-state index contributed by atoms with van der Waals surface area (Å²) in [5, 5.41) is 17.0. The Morgan fingerprint density at radius 2 is 1.85 bits per heavy atom. The summed E-state index contributed by atoms with van der Waals surface area (Å²) in [6.45, 7) is 1.26. The highest BCUT2D eigenvalue weighted by molar-refractivity contribution is 14.0. The molecule has 2 rings (SSSR count). The van der Waals surface area contributed by atoms with Crippen LogP contribution in [0.15, 0.2) is 53.5 Å². The van der Waals surface area contributed by atoms with Crippen molar-refractivity contribution in [2.45, 2.75) is 6.61 Å². The Labute approximate surface area is 169 Å². The number of ether oxygens (including phenoxy) is 1. The number of benzene rings is 2. The molecule has 0 atom stereocenters. The molecule has 0 aliphatic rings. The number of hydrogen-bond donors (Lipinski definition) is 3. The minimum absolute atomic E-state index is 0. The maximum atomic E-state index is 10.9. The first-order valence-electron chi connectivity index (χ1n) is 7.73. The molecular formula is C17H22IN5O3. The summed E-state index contributed by atoms with van der Waals surface area (Å²) in [5.74, 6) is 0.271. The molecule has 0 radical (unpaired) electrons. The van der Waals surface area contributed by atoms with E-state index in [2.05, 4.69) is 15.6 Å². The first-order valence-corrected chi connectivity index (χ1v) is 7.73. The Bertz CT molecular complexity index is 755. The van der Waals surface area contributed by atoms with E-state index in [9.17, 15) is 10.1 Å². The van der Waals surface area contributed by atoms with E-state index in [1.54, 1.807) is 25.3 Å². The van der Waals surface area contributed by atoms with E-state index in [1.807, 2.05) is 24.3 Å². The van der Waals surface area contributed by atoms with Crippen molar-refractivity contribution < 1.29 is 9.66 Å². The molecule has 0 amide bonds. The number of hydrogen-bond acceptors (Lipinski definition) is 5. The third kappa shape index (κ3) is 6.48. The number of nitrogens with one attached hydrogen (secondary N) is 2. The Morgan fingerprint density at radius 3 is 2.54 bits per heavy atom. The van der Waals surface area contributed by atoms with Crippen LogP contribution in [0.4, 0.5) is 17.1 Å². The first kappa shape index (κ1) is 21.6. The van der Waals surface area contributed by atoms with Crippen molar-refractivity contribution in [2.24, 2.45) is 10.7 Å². The van der Waals surface area contributed by atoms with Gasteiger partial charge in [0, 0.05) is 31.0 Å². The van der Waals surface area contributed by atoms with Gasteiger partial charge in [0.25, 0.3) is 5.69 Å². The fourth-order valence-electron chi connectivity index (χ4n) is 2.25. The minimum Gasteiger partial charge on any atom is -0.380 e. The third-order valence-electron chi connectivity index (χ3n) is 3.39. The van der Waals surface area contributed by atoms with Crippen molar-refractivity contribution >= 4 is 47.0 Å². The second kappa shape index (κ2) is 11.3. The van der Waals surface area contributed by atoms with Gasteiger partial charge in [-0.2, -0.15) is 0 Å². The van der Waals surface area contributed by atoms with Crippen LogP contribution in [0.1, 0.15) is 5.56 Å². The predicted molar refractivity (Wildman–Crippen MR) is 114 cm³/mol. The van der Waals surface area contributed by atoms with Crippen LogP contribution >= 0.6 is 24.0 Å². The Balaban J connectivity index is 0.00000338. The van der Waals surface area contributed by atoms with Crippen molar-refractivity contribution in [3.63, 3.8) is 0 Å². The van der Waals surface area contributed by atoms with Crippen LogP contribution in [-0.4, -0.2) is 31.1 Å². The van der Waals surface area contributed by atoms with Crippen LogP contribution in [0.3, 0.4) is 0 Å². The maximum Gasteiger partial charge on any atom is 0.292 e. The molecule has 9 heteroatoms. The number of para-hydroxylation sites is 3. The van der Waals surface area contributed by atoms with E-state index in [-0.39, 0.29) is 35.6 Å². The fourth-order valence-corrected chi connectivity index (χ4v) is 2.25. The third-order valence-corrected chi connectivity index (χ3v) is 3.39. The molecule has 0 saturated heterocycles. The second-order valence-electron chi connectivity index (χ2n) is 5.18. The summed E-state index contributed by atoms with van der Waals surface area (Å²) < 4.78 is 5.14. The molecule has 0 spiro atoms. The van der Waals surface area contributed by atoms with Gasteiger partial charge in [-0.25, -0.2) is 0 Å². The number of nitrogens with zero attached hydrogens (tertiary/aromatic N) is 2. The molecule has 2 aromatic carbocycles. The number of anilines is 2. The molecule has 0 heterocycles. The highest BCUT2D eigenvalue weighted by atomic mass is 127. The van der Waals surface area contributed by atoms with Crippen LogP contribution in [0, 0.1) is 10.1 Å². The van der Waals surface area contributed by atoms with Crippen LogP contribution in [0.5, 0.6) is 0 Å². The molecule has 0 aliphatic heterocycles. The van der Waals surface area contributed by atoms with E-state index < -0.39 is 4.92 Å². The van der Waals surface area contributed by atoms with Crippen molar-refractivity contribution in [3.8, 4) is 0 Å². The molecule has 140 valence electrons. The summed E-state index contributed by atoms with van der Waals surface area (Å²) in [4.78, 5) is 14.7. The molecule has 0 aromatic heterocycles. The first-order chi connectivity index (χ1) is 12.1. The van der Waals surface area contributed by atoms with E-state index in [0.717, 1.165) is 11.3 Å². The summed E-state index contributed by atoms with van der Waals surface area (Å²) in [6.07, 6.45) is 0. The van der Waals surface area contributed by atoms with E-state index >= 15 is 0 Å². The molecule has 0 unspecified atom stereocenters. The van der Waals surface area contributed by atoms with Crippen LogP contribution in [0.25, 0.3) is 0 Å². The molecular weight excluding hydrogens is 449 g/mol. The zero-order valence-corrected chi connectivity index (χ0v) is 16.7. The lowest BCUT2D eigenvalue weighted by atomic mass is 10.2. The summed E-state index contributed by atoms with van der Waals surface area (Å²) in [7, 11) is 1.63. The Hall–Kier alpha value is -2.40. The van der Waals surface area contributed by atoms with Gasteiger partial charge in [-0.15, -0.1) is 24.0 Å².